The van der Waals surface area contributed by atoms with Crippen LogP contribution in [0.25, 0.3) is 0 Å². The van der Waals surface area contributed by atoms with E-state index in [2.05, 4.69) is 5.32 Å². The lowest BCUT2D eigenvalue weighted by molar-refractivity contribution is -0.157. The lowest BCUT2D eigenvalue weighted by Crippen LogP contribution is -2.66. The molecule has 1 spiro atoms. The average Bonchev–Trinajstić information content (AvgIpc) is 2.74. The van der Waals surface area contributed by atoms with Crippen LogP contribution in [0.15, 0.2) is 0 Å². The van der Waals surface area contributed by atoms with Gasteiger partial charge in [0, 0.05) is 6.54 Å². The second-order valence-electron chi connectivity index (χ2n) is 5.34. The van der Waals surface area contributed by atoms with Gasteiger partial charge in [0.1, 0.15) is 5.41 Å². The van der Waals surface area contributed by atoms with Gasteiger partial charge in [-0.3, -0.25) is 19.8 Å². The van der Waals surface area contributed by atoms with E-state index in [-0.39, 0.29) is 11.8 Å². The third-order valence-corrected chi connectivity index (χ3v) is 5.46. The molecule has 6 heteroatoms. The zero-order valence-electron chi connectivity index (χ0n) is 10.1. The van der Waals surface area contributed by atoms with Crippen LogP contribution < -0.4 is 5.32 Å². The van der Waals surface area contributed by atoms with E-state index in [1.807, 2.05) is 11.8 Å². The van der Waals surface area contributed by atoms with Crippen molar-refractivity contribution in [2.75, 3.05) is 18.1 Å². The number of carbonyl (C=O) groups excluding carboxylic acids is 3. The molecule has 2 aliphatic heterocycles. The lowest BCUT2D eigenvalue weighted by atomic mass is 9.66. The number of carbonyl (C=O) groups is 3. The van der Waals surface area contributed by atoms with Crippen molar-refractivity contribution in [1.82, 2.24) is 10.2 Å². The second kappa shape index (κ2) is 4.26. The summed E-state index contributed by atoms with van der Waals surface area (Å²) >= 11 is 1.86. The zero-order valence-corrected chi connectivity index (χ0v) is 10.9. The van der Waals surface area contributed by atoms with Gasteiger partial charge < -0.3 is 0 Å². The monoisotopic (exact) mass is 268 g/mol. The number of hydrogen-bond donors (Lipinski definition) is 1. The lowest BCUT2D eigenvalue weighted by Gasteiger charge is -2.45. The van der Waals surface area contributed by atoms with Crippen LogP contribution in [0.5, 0.6) is 0 Å². The minimum Gasteiger partial charge on any atom is -0.277 e. The molecule has 98 valence electrons. The van der Waals surface area contributed by atoms with Crippen molar-refractivity contribution in [3.05, 3.63) is 0 Å². The largest absolute Gasteiger partial charge is 0.330 e. The molecule has 3 rings (SSSR count). The van der Waals surface area contributed by atoms with E-state index < -0.39 is 11.4 Å². The Morgan fingerprint density at radius 3 is 2.67 bits per heavy atom. The van der Waals surface area contributed by atoms with Crippen LogP contribution in [-0.4, -0.2) is 40.8 Å². The molecule has 18 heavy (non-hydrogen) atoms. The summed E-state index contributed by atoms with van der Waals surface area (Å²) in [5.41, 5.74) is -0.917. The highest BCUT2D eigenvalue weighted by Crippen LogP contribution is 2.44. The van der Waals surface area contributed by atoms with E-state index in [0.29, 0.717) is 25.3 Å². The number of imide groups is 2. The van der Waals surface area contributed by atoms with E-state index in [1.54, 1.807) is 0 Å². The quantitative estimate of drug-likeness (QED) is 0.758. The maximum atomic E-state index is 12.4. The Morgan fingerprint density at radius 2 is 2.11 bits per heavy atom. The Labute approximate surface area is 110 Å². The molecule has 4 amide bonds. The molecule has 1 unspecified atom stereocenters. The smallest absolute Gasteiger partial charge is 0.277 e. The van der Waals surface area contributed by atoms with Gasteiger partial charge in [-0.25, -0.2) is 4.79 Å². The number of urea groups is 1. The topological polar surface area (TPSA) is 66.5 Å². The number of barbiturate groups is 1. The van der Waals surface area contributed by atoms with Crippen molar-refractivity contribution in [3.8, 4) is 0 Å². The number of hydrogen-bond acceptors (Lipinski definition) is 4. The highest BCUT2D eigenvalue weighted by atomic mass is 32.2. The van der Waals surface area contributed by atoms with Crippen molar-refractivity contribution in [2.45, 2.75) is 25.7 Å². The van der Waals surface area contributed by atoms with Crippen molar-refractivity contribution in [1.29, 1.82) is 0 Å². The number of nitrogens with one attached hydrogen (secondary N) is 1. The Hall–Kier alpha value is -1.04. The van der Waals surface area contributed by atoms with Crippen molar-refractivity contribution < 1.29 is 14.4 Å². The molecule has 0 aromatic heterocycles. The summed E-state index contributed by atoms with van der Waals surface area (Å²) in [5, 5.41) is 2.35. The zero-order chi connectivity index (χ0) is 12.8. The number of amides is 4. The number of rotatable bonds is 2. The Bertz CT molecular complexity index is 414. The van der Waals surface area contributed by atoms with Crippen molar-refractivity contribution >= 4 is 29.6 Å². The van der Waals surface area contributed by atoms with E-state index in [9.17, 15) is 14.4 Å². The fraction of sp³-hybridized carbons (Fsp3) is 0.750. The first-order chi connectivity index (χ1) is 8.63. The van der Waals surface area contributed by atoms with Gasteiger partial charge in [-0.05, 0) is 36.7 Å². The standard InChI is InChI=1S/C12H16N2O3S/c15-9-12(3-1-4-12)10(16)14(11(17)13-9)6-8-2-5-18-7-8/h8H,1-7H2,(H,13,15,17). The van der Waals surface area contributed by atoms with Gasteiger partial charge >= 0.3 is 6.03 Å². The molecule has 0 bridgehead atoms. The fourth-order valence-corrected chi connectivity index (χ4v) is 4.13. The Kier molecular flexibility index (Phi) is 2.84. The van der Waals surface area contributed by atoms with Crippen LogP contribution in [0, 0.1) is 11.3 Å². The Balaban J connectivity index is 1.77. The maximum absolute atomic E-state index is 12.4. The summed E-state index contributed by atoms with van der Waals surface area (Å²) in [7, 11) is 0. The summed E-state index contributed by atoms with van der Waals surface area (Å²) in [6.45, 7) is 0.465. The molecular weight excluding hydrogens is 252 g/mol. The van der Waals surface area contributed by atoms with Crippen molar-refractivity contribution in [3.63, 3.8) is 0 Å². The van der Waals surface area contributed by atoms with Gasteiger partial charge in [-0.2, -0.15) is 11.8 Å². The van der Waals surface area contributed by atoms with Crippen LogP contribution >= 0.6 is 11.8 Å². The molecule has 5 nitrogen and oxygen atoms in total. The second-order valence-corrected chi connectivity index (χ2v) is 6.49. The van der Waals surface area contributed by atoms with E-state index in [1.165, 1.54) is 4.90 Å². The molecule has 3 fully saturated rings. The predicted molar refractivity (Wildman–Crippen MR) is 67.0 cm³/mol. The fourth-order valence-electron chi connectivity index (χ4n) is 2.85. The van der Waals surface area contributed by atoms with Crippen molar-refractivity contribution in [2.24, 2.45) is 11.3 Å². The summed E-state index contributed by atoms with van der Waals surface area (Å²) in [4.78, 5) is 37.3. The van der Waals surface area contributed by atoms with E-state index in [4.69, 9.17) is 0 Å². The molecule has 2 saturated heterocycles. The third kappa shape index (κ3) is 1.66. The third-order valence-electron chi connectivity index (χ3n) is 4.23. The van der Waals surface area contributed by atoms with Gasteiger partial charge in [-0.15, -0.1) is 0 Å². The first-order valence-electron chi connectivity index (χ1n) is 6.39. The summed E-state index contributed by atoms with van der Waals surface area (Å²) in [6.07, 6.45) is 3.10. The van der Waals surface area contributed by atoms with Crippen LogP contribution in [0.1, 0.15) is 25.7 Å². The van der Waals surface area contributed by atoms with Crippen LogP contribution in [-0.2, 0) is 9.59 Å². The molecule has 1 saturated carbocycles. The first kappa shape index (κ1) is 12.0. The number of thioether (sulfide) groups is 1. The summed E-state index contributed by atoms with van der Waals surface area (Å²) < 4.78 is 0. The number of nitrogens with zero attached hydrogens (tertiary/aromatic N) is 1. The van der Waals surface area contributed by atoms with Crippen LogP contribution in [0.2, 0.25) is 0 Å². The Morgan fingerprint density at radius 1 is 1.33 bits per heavy atom. The van der Waals surface area contributed by atoms with Gasteiger partial charge in [0.15, 0.2) is 0 Å². The molecule has 0 aromatic rings. The van der Waals surface area contributed by atoms with Gasteiger partial charge in [-0.1, -0.05) is 6.42 Å². The average molecular weight is 268 g/mol. The molecule has 1 N–H and O–H groups in total. The molecule has 0 radical (unpaired) electrons. The highest BCUT2D eigenvalue weighted by molar-refractivity contribution is 7.99. The molecule has 0 aromatic carbocycles. The molecule has 3 aliphatic rings. The van der Waals surface area contributed by atoms with Gasteiger partial charge in [0.25, 0.3) is 0 Å². The SMILES string of the molecule is O=C1NC(=O)C2(CCC2)C(=O)N1CC1CCSC1. The molecule has 1 atom stereocenters. The summed E-state index contributed by atoms with van der Waals surface area (Å²) in [6, 6.07) is -0.528. The molecule has 1 aliphatic carbocycles. The van der Waals surface area contributed by atoms with E-state index in [0.717, 1.165) is 24.3 Å². The first-order valence-corrected chi connectivity index (χ1v) is 7.54. The highest BCUT2D eigenvalue weighted by Gasteiger charge is 2.57. The van der Waals surface area contributed by atoms with Gasteiger partial charge in [0.05, 0.1) is 0 Å². The van der Waals surface area contributed by atoms with E-state index >= 15 is 0 Å². The predicted octanol–water partition coefficient (Wildman–Crippen LogP) is 0.988. The van der Waals surface area contributed by atoms with Crippen LogP contribution in [0.4, 0.5) is 4.79 Å². The molecule has 2 heterocycles. The maximum Gasteiger partial charge on any atom is 0.330 e. The summed E-state index contributed by atoms with van der Waals surface area (Å²) in [5.74, 6) is 1.83. The minimum atomic E-state index is -0.917. The van der Waals surface area contributed by atoms with Crippen LogP contribution in [0.3, 0.4) is 0 Å². The normalized spacial score (nSPS) is 30.6. The van der Waals surface area contributed by atoms with Gasteiger partial charge in [0.2, 0.25) is 11.8 Å². The minimum absolute atomic E-state index is 0.264. The molecular formula is C12H16N2O3S.